The summed E-state index contributed by atoms with van der Waals surface area (Å²) in [6.45, 7) is 4.85. The van der Waals surface area contributed by atoms with Gasteiger partial charge >= 0.3 is 0 Å². The molecular formula is C11H14Cl2O3S. The Kier molecular flexibility index (Phi) is 6.44. The van der Waals surface area contributed by atoms with Gasteiger partial charge in [-0.3, -0.25) is 4.79 Å². The van der Waals surface area contributed by atoms with Crippen molar-refractivity contribution in [2.24, 2.45) is 0 Å². The molecular weight excluding hydrogens is 283 g/mol. The second-order valence-electron chi connectivity index (χ2n) is 3.44. The maximum absolute atomic E-state index is 11.8. The first kappa shape index (κ1) is 14.9. The molecule has 0 spiro atoms. The molecule has 96 valence electrons. The van der Waals surface area contributed by atoms with E-state index in [4.69, 9.17) is 32.7 Å². The maximum atomic E-state index is 11.8. The Balaban J connectivity index is 2.42. The SMILES string of the molecule is CCOCC(C)OCC(=O)c1cc(Cl)sc1Cl. The molecule has 1 aromatic rings. The monoisotopic (exact) mass is 296 g/mol. The van der Waals surface area contributed by atoms with Crippen LogP contribution >= 0.6 is 34.5 Å². The summed E-state index contributed by atoms with van der Waals surface area (Å²) < 4.78 is 11.4. The molecule has 1 rings (SSSR count). The van der Waals surface area contributed by atoms with Crippen LogP contribution < -0.4 is 0 Å². The van der Waals surface area contributed by atoms with Gasteiger partial charge in [-0.2, -0.15) is 0 Å². The predicted molar refractivity (Wildman–Crippen MR) is 70.6 cm³/mol. The molecule has 1 unspecified atom stereocenters. The van der Waals surface area contributed by atoms with E-state index in [0.29, 0.717) is 27.4 Å². The lowest BCUT2D eigenvalue weighted by molar-refractivity contribution is 0.00117. The number of rotatable bonds is 7. The molecule has 0 aliphatic heterocycles. The largest absolute Gasteiger partial charge is 0.379 e. The highest BCUT2D eigenvalue weighted by Gasteiger charge is 2.15. The fourth-order valence-electron chi connectivity index (χ4n) is 1.16. The number of Topliss-reactive ketones (excluding diaryl/α,β-unsaturated/α-hetero) is 1. The molecule has 17 heavy (non-hydrogen) atoms. The third kappa shape index (κ3) is 4.94. The first-order valence-corrected chi connectivity index (χ1v) is 6.79. The van der Waals surface area contributed by atoms with Gasteiger partial charge in [-0.05, 0) is 19.9 Å². The Morgan fingerprint density at radius 3 is 2.76 bits per heavy atom. The molecule has 0 bridgehead atoms. The molecule has 0 N–H and O–H groups in total. The highest BCUT2D eigenvalue weighted by molar-refractivity contribution is 7.20. The molecule has 0 saturated carbocycles. The van der Waals surface area contributed by atoms with Crippen LogP contribution in [0.1, 0.15) is 24.2 Å². The van der Waals surface area contributed by atoms with Gasteiger partial charge in [0.15, 0.2) is 5.78 Å². The Bertz CT molecular complexity index is 379. The van der Waals surface area contributed by atoms with Gasteiger partial charge in [0.2, 0.25) is 0 Å². The lowest BCUT2D eigenvalue weighted by Gasteiger charge is -2.11. The second-order valence-corrected chi connectivity index (χ2v) is 5.73. The van der Waals surface area contributed by atoms with Crippen LogP contribution in [0.15, 0.2) is 6.07 Å². The molecule has 1 heterocycles. The molecule has 0 fully saturated rings. The summed E-state index contributed by atoms with van der Waals surface area (Å²) in [6, 6.07) is 1.56. The van der Waals surface area contributed by atoms with E-state index in [9.17, 15) is 4.79 Å². The van der Waals surface area contributed by atoms with E-state index in [2.05, 4.69) is 0 Å². The van der Waals surface area contributed by atoms with Crippen molar-refractivity contribution in [2.75, 3.05) is 19.8 Å². The number of halogens is 2. The van der Waals surface area contributed by atoms with Gasteiger partial charge in [0.1, 0.15) is 10.9 Å². The Hall–Kier alpha value is -0.130. The molecule has 0 aliphatic rings. The number of carbonyl (C=O) groups is 1. The summed E-state index contributed by atoms with van der Waals surface area (Å²) >= 11 is 12.8. The zero-order chi connectivity index (χ0) is 12.8. The van der Waals surface area contributed by atoms with Crippen LogP contribution in [0.25, 0.3) is 0 Å². The summed E-state index contributed by atoms with van der Waals surface area (Å²) in [6.07, 6.45) is -0.119. The fourth-order valence-corrected chi connectivity index (χ4v) is 2.66. The van der Waals surface area contributed by atoms with Crippen LogP contribution in [0.4, 0.5) is 0 Å². The van der Waals surface area contributed by atoms with Crippen molar-refractivity contribution in [3.8, 4) is 0 Å². The van der Waals surface area contributed by atoms with E-state index in [-0.39, 0.29) is 18.5 Å². The van der Waals surface area contributed by atoms with E-state index in [1.807, 2.05) is 13.8 Å². The molecule has 0 saturated heterocycles. The molecule has 1 aromatic heterocycles. The van der Waals surface area contributed by atoms with Crippen molar-refractivity contribution >= 4 is 40.3 Å². The van der Waals surface area contributed by atoms with E-state index >= 15 is 0 Å². The van der Waals surface area contributed by atoms with Crippen molar-refractivity contribution in [1.29, 1.82) is 0 Å². The average Bonchev–Trinajstić information content (AvgIpc) is 2.62. The molecule has 6 heteroatoms. The number of ketones is 1. The van der Waals surface area contributed by atoms with Crippen LogP contribution in [-0.4, -0.2) is 31.7 Å². The summed E-state index contributed by atoms with van der Waals surface area (Å²) in [4.78, 5) is 11.8. The van der Waals surface area contributed by atoms with E-state index < -0.39 is 0 Å². The molecule has 3 nitrogen and oxygen atoms in total. The Labute approximate surface area is 115 Å². The summed E-state index contributed by atoms with van der Waals surface area (Å²) in [5.41, 5.74) is 0.422. The number of thiophene rings is 1. The fraction of sp³-hybridized carbons (Fsp3) is 0.545. The van der Waals surface area contributed by atoms with Gasteiger partial charge in [0.05, 0.1) is 22.6 Å². The minimum Gasteiger partial charge on any atom is -0.379 e. The first-order chi connectivity index (χ1) is 8.04. The quantitative estimate of drug-likeness (QED) is 0.720. The zero-order valence-electron chi connectivity index (χ0n) is 9.66. The van der Waals surface area contributed by atoms with Gasteiger partial charge in [0, 0.05) is 6.61 Å². The number of hydrogen-bond acceptors (Lipinski definition) is 4. The van der Waals surface area contributed by atoms with Crippen molar-refractivity contribution in [3.63, 3.8) is 0 Å². The van der Waals surface area contributed by atoms with Crippen LogP contribution in [0.3, 0.4) is 0 Å². The van der Waals surface area contributed by atoms with Crippen LogP contribution in [-0.2, 0) is 9.47 Å². The summed E-state index contributed by atoms with van der Waals surface area (Å²) in [7, 11) is 0. The normalized spacial score (nSPS) is 12.7. The van der Waals surface area contributed by atoms with Crippen LogP contribution in [0.5, 0.6) is 0 Å². The van der Waals surface area contributed by atoms with E-state index in [0.717, 1.165) is 0 Å². The standard InChI is InChI=1S/C11H14Cl2O3S/c1-3-15-5-7(2)16-6-9(14)8-4-10(12)17-11(8)13/h4,7H,3,5-6H2,1-2H3. The molecule has 0 amide bonds. The molecule has 0 aromatic carbocycles. The van der Waals surface area contributed by atoms with Crippen molar-refractivity contribution < 1.29 is 14.3 Å². The van der Waals surface area contributed by atoms with Gasteiger partial charge < -0.3 is 9.47 Å². The summed E-state index contributed by atoms with van der Waals surface area (Å²) in [5.74, 6) is -0.165. The zero-order valence-corrected chi connectivity index (χ0v) is 12.0. The van der Waals surface area contributed by atoms with Crippen molar-refractivity contribution in [2.45, 2.75) is 20.0 Å². The first-order valence-electron chi connectivity index (χ1n) is 5.22. The van der Waals surface area contributed by atoms with Crippen molar-refractivity contribution in [3.05, 3.63) is 20.3 Å². The van der Waals surface area contributed by atoms with Crippen molar-refractivity contribution in [1.82, 2.24) is 0 Å². The third-order valence-corrected chi connectivity index (χ3v) is 3.50. The highest BCUT2D eigenvalue weighted by atomic mass is 35.5. The lowest BCUT2D eigenvalue weighted by atomic mass is 10.2. The summed E-state index contributed by atoms with van der Waals surface area (Å²) in [5, 5.41) is 0. The minimum atomic E-state index is -0.165. The van der Waals surface area contributed by atoms with Crippen LogP contribution in [0, 0.1) is 0 Å². The number of hydrogen-bond donors (Lipinski definition) is 0. The smallest absolute Gasteiger partial charge is 0.190 e. The molecule has 0 radical (unpaired) electrons. The molecule has 1 atom stereocenters. The number of ether oxygens (including phenoxy) is 2. The predicted octanol–water partition coefficient (Wildman–Crippen LogP) is 3.68. The van der Waals surface area contributed by atoms with Gasteiger partial charge in [-0.15, -0.1) is 11.3 Å². The van der Waals surface area contributed by atoms with E-state index in [1.165, 1.54) is 11.3 Å². The Morgan fingerprint density at radius 1 is 1.53 bits per heavy atom. The molecule has 0 aliphatic carbocycles. The third-order valence-electron chi connectivity index (χ3n) is 2.01. The topological polar surface area (TPSA) is 35.5 Å². The average molecular weight is 297 g/mol. The lowest BCUT2D eigenvalue weighted by Crippen LogP contribution is -2.20. The van der Waals surface area contributed by atoms with Gasteiger partial charge in [-0.25, -0.2) is 0 Å². The highest BCUT2D eigenvalue weighted by Crippen LogP contribution is 2.31. The van der Waals surface area contributed by atoms with Crippen LogP contribution in [0.2, 0.25) is 8.67 Å². The van der Waals surface area contributed by atoms with E-state index in [1.54, 1.807) is 6.07 Å². The maximum Gasteiger partial charge on any atom is 0.190 e. The minimum absolute atomic E-state index is 0.0129. The second kappa shape index (κ2) is 7.34. The Morgan fingerprint density at radius 2 is 2.24 bits per heavy atom. The number of carbonyl (C=O) groups excluding carboxylic acids is 1. The van der Waals surface area contributed by atoms with Gasteiger partial charge in [0.25, 0.3) is 0 Å². The van der Waals surface area contributed by atoms with Gasteiger partial charge in [-0.1, -0.05) is 23.2 Å².